The molecule has 126 valence electrons. The van der Waals surface area contributed by atoms with E-state index in [1.807, 2.05) is 24.4 Å². The Morgan fingerprint density at radius 1 is 0.880 bits per heavy atom. The SMILES string of the molecule is COC1N(c2ccccc2C)c2cc(C)cnc2N1c1ccccc1. The molecule has 4 rings (SSSR count). The molecule has 4 nitrogen and oxygen atoms in total. The van der Waals surface area contributed by atoms with Gasteiger partial charge in [-0.1, -0.05) is 36.4 Å². The zero-order valence-electron chi connectivity index (χ0n) is 14.7. The Labute approximate surface area is 148 Å². The number of fused-ring (bicyclic) bond motifs is 1. The first-order valence-electron chi connectivity index (χ1n) is 8.39. The second-order valence-corrected chi connectivity index (χ2v) is 6.28. The van der Waals surface area contributed by atoms with Crippen molar-refractivity contribution in [1.82, 2.24) is 4.98 Å². The predicted octanol–water partition coefficient (Wildman–Crippen LogP) is 4.92. The van der Waals surface area contributed by atoms with Crippen LogP contribution >= 0.6 is 0 Å². The van der Waals surface area contributed by atoms with Crippen molar-refractivity contribution in [2.75, 3.05) is 16.9 Å². The van der Waals surface area contributed by atoms with E-state index in [2.05, 4.69) is 66.1 Å². The Balaban J connectivity index is 1.94. The van der Waals surface area contributed by atoms with Crippen LogP contribution in [0.3, 0.4) is 0 Å². The quantitative estimate of drug-likeness (QED) is 0.681. The van der Waals surface area contributed by atoms with Gasteiger partial charge in [0.1, 0.15) is 0 Å². The third kappa shape index (κ3) is 2.55. The highest BCUT2D eigenvalue weighted by molar-refractivity contribution is 5.86. The minimum atomic E-state index is -0.284. The number of hydrogen-bond acceptors (Lipinski definition) is 4. The second kappa shape index (κ2) is 6.22. The number of hydrogen-bond donors (Lipinski definition) is 0. The molecule has 2 heterocycles. The first kappa shape index (κ1) is 15.7. The minimum absolute atomic E-state index is 0.284. The van der Waals surface area contributed by atoms with Gasteiger partial charge in [-0.05, 0) is 49.2 Å². The van der Waals surface area contributed by atoms with E-state index >= 15 is 0 Å². The van der Waals surface area contributed by atoms with E-state index in [0.717, 1.165) is 28.4 Å². The van der Waals surface area contributed by atoms with E-state index in [-0.39, 0.29) is 6.35 Å². The fourth-order valence-electron chi connectivity index (χ4n) is 3.38. The summed E-state index contributed by atoms with van der Waals surface area (Å²) in [4.78, 5) is 9.08. The van der Waals surface area contributed by atoms with Crippen molar-refractivity contribution in [3.05, 3.63) is 78.0 Å². The molecule has 1 atom stereocenters. The Bertz CT molecular complexity index is 895. The molecule has 1 aliphatic heterocycles. The maximum Gasteiger partial charge on any atom is 0.220 e. The second-order valence-electron chi connectivity index (χ2n) is 6.28. The van der Waals surface area contributed by atoms with Crippen molar-refractivity contribution in [3.8, 4) is 0 Å². The minimum Gasteiger partial charge on any atom is -0.343 e. The summed E-state index contributed by atoms with van der Waals surface area (Å²) in [5.74, 6) is 0.909. The molecule has 0 spiro atoms. The third-order valence-electron chi connectivity index (χ3n) is 4.53. The van der Waals surface area contributed by atoms with Crippen LogP contribution in [0, 0.1) is 13.8 Å². The van der Waals surface area contributed by atoms with Crippen LogP contribution in [-0.2, 0) is 4.74 Å². The average Bonchev–Trinajstić information content (AvgIpc) is 2.96. The van der Waals surface area contributed by atoms with Gasteiger partial charge >= 0.3 is 0 Å². The van der Waals surface area contributed by atoms with Crippen LogP contribution in [0.25, 0.3) is 0 Å². The van der Waals surface area contributed by atoms with Gasteiger partial charge in [0.05, 0.1) is 5.69 Å². The molecule has 1 aliphatic rings. The molecule has 25 heavy (non-hydrogen) atoms. The average molecular weight is 331 g/mol. The molecule has 1 aromatic heterocycles. The molecular weight excluding hydrogens is 310 g/mol. The Morgan fingerprint density at radius 3 is 2.32 bits per heavy atom. The topological polar surface area (TPSA) is 28.6 Å². The lowest BCUT2D eigenvalue weighted by molar-refractivity contribution is 0.118. The van der Waals surface area contributed by atoms with Gasteiger partial charge in [0.2, 0.25) is 6.35 Å². The number of ether oxygens (including phenoxy) is 1. The third-order valence-corrected chi connectivity index (χ3v) is 4.53. The van der Waals surface area contributed by atoms with Crippen LogP contribution in [0.2, 0.25) is 0 Å². The van der Waals surface area contributed by atoms with E-state index < -0.39 is 0 Å². The number of para-hydroxylation sites is 2. The first-order chi connectivity index (χ1) is 12.2. The molecule has 0 fully saturated rings. The van der Waals surface area contributed by atoms with Crippen LogP contribution in [0.4, 0.5) is 22.9 Å². The van der Waals surface area contributed by atoms with Crippen molar-refractivity contribution < 1.29 is 4.74 Å². The van der Waals surface area contributed by atoms with E-state index in [4.69, 9.17) is 9.72 Å². The maximum atomic E-state index is 5.93. The summed E-state index contributed by atoms with van der Waals surface area (Å²) in [7, 11) is 1.74. The molecule has 0 saturated heterocycles. The van der Waals surface area contributed by atoms with Crippen molar-refractivity contribution >= 4 is 22.9 Å². The fourth-order valence-corrected chi connectivity index (χ4v) is 3.38. The molecule has 3 aromatic rings. The number of benzene rings is 2. The van der Waals surface area contributed by atoms with Crippen LogP contribution in [0.15, 0.2) is 66.9 Å². The molecule has 0 amide bonds. The molecule has 4 heteroatoms. The highest BCUT2D eigenvalue weighted by Gasteiger charge is 2.39. The van der Waals surface area contributed by atoms with Crippen LogP contribution in [0.5, 0.6) is 0 Å². The number of aryl methyl sites for hydroxylation is 2. The molecule has 2 aromatic carbocycles. The number of pyridine rings is 1. The summed E-state index contributed by atoms with van der Waals surface area (Å²) in [6.45, 7) is 4.19. The van der Waals surface area contributed by atoms with Gasteiger partial charge in [0.15, 0.2) is 5.82 Å². The predicted molar refractivity (Wildman–Crippen MR) is 102 cm³/mol. The summed E-state index contributed by atoms with van der Waals surface area (Å²) in [5.41, 5.74) is 5.57. The van der Waals surface area contributed by atoms with Gasteiger partial charge < -0.3 is 4.74 Å². The lowest BCUT2D eigenvalue weighted by Gasteiger charge is -2.31. The Hall–Kier alpha value is -2.85. The maximum absolute atomic E-state index is 5.93. The molecule has 0 aliphatic carbocycles. The Morgan fingerprint density at radius 2 is 1.60 bits per heavy atom. The van der Waals surface area contributed by atoms with E-state index in [0.29, 0.717) is 0 Å². The molecule has 1 unspecified atom stereocenters. The summed E-state index contributed by atoms with van der Waals surface area (Å²) in [6, 6.07) is 20.8. The van der Waals surface area contributed by atoms with Gasteiger partial charge in [0.25, 0.3) is 0 Å². The van der Waals surface area contributed by atoms with E-state index in [1.54, 1.807) is 7.11 Å². The first-order valence-corrected chi connectivity index (χ1v) is 8.39. The van der Waals surface area contributed by atoms with Crippen LogP contribution in [-0.4, -0.2) is 18.4 Å². The smallest absolute Gasteiger partial charge is 0.220 e. The summed E-state index contributed by atoms with van der Waals surface area (Å²) in [6.07, 6.45) is 1.62. The molecule has 0 N–H and O–H groups in total. The molecule has 0 radical (unpaired) electrons. The fraction of sp³-hybridized carbons (Fsp3) is 0.190. The van der Waals surface area contributed by atoms with Crippen molar-refractivity contribution in [2.45, 2.75) is 20.2 Å². The number of rotatable bonds is 3. The largest absolute Gasteiger partial charge is 0.343 e. The zero-order chi connectivity index (χ0) is 17.4. The highest BCUT2D eigenvalue weighted by atomic mass is 16.5. The Kier molecular flexibility index (Phi) is 3.90. The van der Waals surface area contributed by atoms with Gasteiger partial charge in [-0.3, -0.25) is 9.80 Å². The number of nitrogens with zero attached hydrogens (tertiary/aromatic N) is 3. The van der Waals surface area contributed by atoms with Crippen molar-refractivity contribution in [1.29, 1.82) is 0 Å². The van der Waals surface area contributed by atoms with E-state index in [1.165, 1.54) is 5.56 Å². The molecule has 0 saturated carbocycles. The lowest BCUT2D eigenvalue weighted by atomic mass is 10.1. The molecular formula is C21H21N3O. The summed E-state index contributed by atoms with van der Waals surface area (Å²) in [5, 5.41) is 0. The normalized spacial score (nSPS) is 16.2. The van der Waals surface area contributed by atoms with Gasteiger partial charge in [-0.15, -0.1) is 0 Å². The number of anilines is 4. The summed E-state index contributed by atoms with van der Waals surface area (Å²) < 4.78 is 5.93. The van der Waals surface area contributed by atoms with Gasteiger partial charge in [-0.2, -0.15) is 0 Å². The monoisotopic (exact) mass is 331 g/mol. The standard InChI is InChI=1S/C21H21N3O/c1-15-13-19-20(22-14-15)23(17-10-5-4-6-11-17)21(25-3)24(19)18-12-8-7-9-16(18)2/h4-14,21H,1-3H3. The number of aromatic nitrogens is 1. The van der Waals surface area contributed by atoms with Gasteiger partial charge in [0, 0.05) is 24.7 Å². The van der Waals surface area contributed by atoms with Crippen molar-refractivity contribution in [3.63, 3.8) is 0 Å². The van der Waals surface area contributed by atoms with Gasteiger partial charge in [-0.25, -0.2) is 4.98 Å². The van der Waals surface area contributed by atoms with Crippen LogP contribution < -0.4 is 9.80 Å². The van der Waals surface area contributed by atoms with Crippen LogP contribution in [0.1, 0.15) is 11.1 Å². The number of methoxy groups -OCH3 is 1. The molecule has 0 bridgehead atoms. The summed E-state index contributed by atoms with van der Waals surface area (Å²) >= 11 is 0. The van der Waals surface area contributed by atoms with Crippen molar-refractivity contribution in [2.24, 2.45) is 0 Å². The zero-order valence-corrected chi connectivity index (χ0v) is 14.7. The van der Waals surface area contributed by atoms with E-state index in [9.17, 15) is 0 Å². The lowest BCUT2D eigenvalue weighted by Crippen LogP contribution is -2.40. The highest BCUT2D eigenvalue weighted by Crippen LogP contribution is 2.47.